The number of halogens is 4. The molecule has 150 valence electrons. The number of hydrogen-bond acceptors (Lipinski definition) is 0. The molecule has 0 saturated heterocycles. The van der Waals surface area contributed by atoms with Crippen molar-refractivity contribution in [2.45, 2.75) is 51.9 Å². The van der Waals surface area contributed by atoms with E-state index in [4.69, 9.17) is 0 Å². The number of rotatable bonds is 1. The molecule has 0 N–H and O–H groups in total. The van der Waals surface area contributed by atoms with Gasteiger partial charge in [-0.25, -0.2) is 12.1 Å². The Balaban J connectivity index is 0. The SMILES string of the molecule is CC(C)(C)[PH+]([c-]1cccc1)C(C)(C)C.F[B-](F)(F)F.[Fe].[cH-]1[cH-][cH-][cH-][cH-]1. The summed E-state index contributed by atoms with van der Waals surface area (Å²) in [6, 6.07) is 18.9. The van der Waals surface area contributed by atoms with E-state index in [2.05, 4.69) is 65.8 Å². The van der Waals surface area contributed by atoms with Crippen LogP contribution in [0, 0.1) is 0 Å². The van der Waals surface area contributed by atoms with Gasteiger partial charge in [0.05, 0.1) is 10.3 Å². The van der Waals surface area contributed by atoms with Gasteiger partial charge in [0.15, 0.2) is 0 Å². The maximum Gasteiger partial charge on any atom is 0.673 e. The molecule has 25 heavy (non-hydrogen) atoms. The fourth-order valence-electron chi connectivity index (χ4n) is 2.85. The molecule has 0 unspecified atom stereocenters. The van der Waals surface area contributed by atoms with Gasteiger partial charge in [-0.05, 0) is 54.8 Å². The fraction of sp³-hybridized carbons (Fsp3) is 0.444. The van der Waals surface area contributed by atoms with Gasteiger partial charge in [-0.15, -0.1) is 12.1 Å². The molecular formula is C18H28BF4FeP-6. The van der Waals surface area contributed by atoms with Crippen LogP contribution in [0.1, 0.15) is 41.5 Å². The first-order valence-electron chi connectivity index (χ1n) is 7.87. The zero-order valence-electron chi connectivity index (χ0n) is 15.6. The summed E-state index contributed by atoms with van der Waals surface area (Å²) in [6.45, 7) is 14.2. The largest absolute Gasteiger partial charge is 0.748 e. The molecule has 0 nitrogen and oxygen atoms in total. The van der Waals surface area contributed by atoms with E-state index in [0.717, 1.165) is 0 Å². The normalized spacial score (nSPS) is 11.6. The Bertz CT molecular complexity index is 486. The molecule has 2 aromatic rings. The van der Waals surface area contributed by atoms with E-state index in [1.165, 1.54) is 0 Å². The monoisotopic (exact) mass is 418 g/mol. The van der Waals surface area contributed by atoms with Crippen LogP contribution in [0.4, 0.5) is 17.3 Å². The van der Waals surface area contributed by atoms with Gasteiger partial charge in [0, 0.05) is 17.1 Å². The third-order valence-electron chi connectivity index (χ3n) is 3.01. The fourth-order valence-corrected chi connectivity index (χ4v) is 7.36. The Morgan fingerprint density at radius 2 is 0.960 bits per heavy atom. The van der Waals surface area contributed by atoms with Crippen LogP contribution in [0.25, 0.3) is 0 Å². The minimum absolute atomic E-state index is 0. The van der Waals surface area contributed by atoms with E-state index in [9.17, 15) is 17.3 Å². The molecule has 0 fully saturated rings. The van der Waals surface area contributed by atoms with E-state index in [1.807, 2.05) is 30.3 Å². The maximum absolute atomic E-state index is 9.75. The van der Waals surface area contributed by atoms with Crippen LogP contribution in [-0.4, -0.2) is 17.6 Å². The quantitative estimate of drug-likeness (QED) is 0.214. The van der Waals surface area contributed by atoms with Crippen molar-refractivity contribution in [3.8, 4) is 0 Å². The molecular weight excluding hydrogens is 390 g/mol. The molecule has 0 aliphatic carbocycles. The topological polar surface area (TPSA) is 0 Å². The molecule has 0 atom stereocenters. The van der Waals surface area contributed by atoms with Gasteiger partial charge in [-0.3, -0.25) is 0 Å². The predicted molar refractivity (Wildman–Crippen MR) is 102 cm³/mol. The van der Waals surface area contributed by atoms with Crippen molar-refractivity contribution in [2.24, 2.45) is 0 Å². The molecule has 0 saturated carbocycles. The molecule has 0 spiro atoms. The minimum atomic E-state index is -6.00. The smallest absolute Gasteiger partial charge is 0.673 e. The van der Waals surface area contributed by atoms with Crippen molar-refractivity contribution >= 4 is 20.5 Å². The second kappa shape index (κ2) is 11.2. The van der Waals surface area contributed by atoms with Gasteiger partial charge in [0.25, 0.3) is 0 Å². The molecule has 0 bridgehead atoms. The van der Waals surface area contributed by atoms with Gasteiger partial charge in [-0.1, -0.05) is 0 Å². The van der Waals surface area contributed by atoms with Crippen LogP contribution in [0.2, 0.25) is 0 Å². The van der Waals surface area contributed by atoms with Gasteiger partial charge in [0.2, 0.25) is 0 Å². The molecule has 2 rings (SSSR count). The zero-order valence-corrected chi connectivity index (χ0v) is 17.7. The Hall–Kier alpha value is -0.566. The van der Waals surface area contributed by atoms with Gasteiger partial charge >= 0.3 is 7.25 Å². The summed E-state index contributed by atoms with van der Waals surface area (Å²) in [4.78, 5) is 0. The minimum Gasteiger partial charge on any atom is -0.748 e. The summed E-state index contributed by atoms with van der Waals surface area (Å²) in [5, 5.41) is 2.43. The molecule has 0 radical (unpaired) electrons. The average Bonchev–Trinajstić information content (AvgIpc) is 2.97. The standard InChI is InChI=1S/C13H23P.C5H5.BF4.Fe/c1-12(2,3)14(13(4,5)6)11-9-7-8-10-11;1-2-4-5-3-1;2-1(3,4)5;/h7-10,14H,1-6H3;1-5H;;/q;-5;-1;. The van der Waals surface area contributed by atoms with E-state index >= 15 is 0 Å². The molecule has 0 aliphatic heterocycles. The molecule has 0 aromatic heterocycles. The molecule has 2 aromatic carbocycles. The summed E-state index contributed by atoms with van der Waals surface area (Å²) in [7, 11) is -6.51. The Morgan fingerprint density at radius 1 is 0.720 bits per heavy atom. The summed E-state index contributed by atoms with van der Waals surface area (Å²) >= 11 is 0. The van der Waals surface area contributed by atoms with Crippen LogP contribution >= 0.6 is 7.92 Å². The van der Waals surface area contributed by atoms with Gasteiger partial charge < -0.3 is 47.6 Å². The van der Waals surface area contributed by atoms with Gasteiger partial charge in [-0.2, -0.15) is 0 Å². The third-order valence-corrected chi connectivity index (χ3v) is 6.92. The van der Waals surface area contributed by atoms with Crippen LogP contribution < -0.4 is 5.30 Å². The van der Waals surface area contributed by atoms with E-state index in [-0.39, 0.29) is 17.1 Å². The van der Waals surface area contributed by atoms with Gasteiger partial charge in [0.1, 0.15) is 0 Å². The van der Waals surface area contributed by atoms with Crippen molar-refractivity contribution < 1.29 is 34.3 Å². The average molecular weight is 418 g/mol. The van der Waals surface area contributed by atoms with E-state index in [0.29, 0.717) is 10.3 Å². The van der Waals surface area contributed by atoms with Crippen molar-refractivity contribution in [2.75, 3.05) is 0 Å². The molecule has 0 aliphatic rings. The van der Waals surface area contributed by atoms with E-state index < -0.39 is 15.2 Å². The second-order valence-corrected chi connectivity index (χ2v) is 11.8. The van der Waals surface area contributed by atoms with Crippen LogP contribution in [0.5, 0.6) is 0 Å². The first-order chi connectivity index (χ1) is 10.7. The number of hydrogen-bond donors (Lipinski definition) is 0. The Kier molecular flexibility index (Phi) is 12.0. The van der Waals surface area contributed by atoms with Crippen LogP contribution in [0.15, 0.2) is 54.6 Å². The predicted octanol–water partition coefficient (Wildman–Crippen LogP) is 6.55. The van der Waals surface area contributed by atoms with Crippen LogP contribution in [-0.2, 0) is 17.1 Å². The van der Waals surface area contributed by atoms with E-state index in [1.54, 1.807) is 5.30 Å². The molecule has 0 heterocycles. The zero-order chi connectivity index (χ0) is 19.0. The van der Waals surface area contributed by atoms with Crippen molar-refractivity contribution in [1.82, 2.24) is 0 Å². The third kappa shape index (κ3) is 14.3. The first-order valence-corrected chi connectivity index (χ1v) is 9.37. The van der Waals surface area contributed by atoms with Crippen molar-refractivity contribution in [1.29, 1.82) is 0 Å². The first kappa shape index (κ1) is 26.7. The Labute approximate surface area is 161 Å². The second-order valence-electron chi connectivity index (χ2n) is 7.51. The van der Waals surface area contributed by atoms with Crippen molar-refractivity contribution in [3.05, 3.63) is 54.6 Å². The summed E-state index contributed by atoms with van der Waals surface area (Å²) < 4.78 is 39.0. The Morgan fingerprint density at radius 3 is 1.16 bits per heavy atom. The molecule has 7 heteroatoms. The van der Waals surface area contributed by atoms with Crippen LogP contribution in [0.3, 0.4) is 0 Å². The molecule has 0 amide bonds. The summed E-state index contributed by atoms with van der Waals surface area (Å²) in [5.74, 6) is 0. The van der Waals surface area contributed by atoms with Crippen molar-refractivity contribution in [3.63, 3.8) is 0 Å². The maximum atomic E-state index is 9.75. The summed E-state index contributed by atoms with van der Waals surface area (Å²) in [5.41, 5.74) is 0. The summed E-state index contributed by atoms with van der Waals surface area (Å²) in [6.07, 6.45) is 0.